The van der Waals surface area contributed by atoms with E-state index in [1.54, 1.807) is 0 Å². The summed E-state index contributed by atoms with van der Waals surface area (Å²) in [5.74, 6) is 1.22. The Morgan fingerprint density at radius 3 is 1.92 bits per heavy atom. The fraction of sp³-hybridized carbons (Fsp3) is 0.0588. The summed E-state index contributed by atoms with van der Waals surface area (Å²) in [6.07, 6.45) is 0. The molecule has 0 atom stereocenters. The second-order valence-corrected chi connectivity index (χ2v) is 9.70. The average Bonchev–Trinajstić information content (AvgIpc) is 3.27. The van der Waals surface area contributed by atoms with Crippen LogP contribution in [0.5, 0.6) is 0 Å². The maximum Gasteiger partial charge on any atom is 0.118 e. The van der Waals surface area contributed by atoms with Crippen molar-refractivity contribution in [1.29, 1.82) is 0 Å². The lowest BCUT2D eigenvalue weighted by molar-refractivity contribution is 0.970. The monoisotopic (exact) mass is 460 g/mol. The van der Waals surface area contributed by atoms with Crippen molar-refractivity contribution < 1.29 is 0 Å². The Bertz CT molecular complexity index is 1990. The quantitative estimate of drug-likeness (QED) is 0.237. The fourth-order valence-electron chi connectivity index (χ4n) is 6.24. The number of hydrogen-bond acceptors (Lipinski definition) is 1. The highest BCUT2D eigenvalue weighted by Crippen LogP contribution is 2.49. The Balaban J connectivity index is 1.63. The first kappa shape index (κ1) is 19.7. The highest BCUT2D eigenvalue weighted by molar-refractivity contribution is 6.13. The molecule has 1 aromatic heterocycles. The van der Waals surface area contributed by atoms with E-state index in [1.165, 1.54) is 71.5 Å². The predicted octanol–water partition coefficient (Wildman–Crippen LogP) is 9.23. The van der Waals surface area contributed by atoms with Crippen molar-refractivity contribution in [2.45, 2.75) is 6.92 Å². The first-order chi connectivity index (χ1) is 17.8. The van der Waals surface area contributed by atoms with Crippen LogP contribution in [0, 0.1) is 0 Å². The molecular formula is C34H24N2. The fourth-order valence-corrected chi connectivity index (χ4v) is 6.24. The van der Waals surface area contributed by atoms with Crippen molar-refractivity contribution in [1.82, 2.24) is 4.57 Å². The van der Waals surface area contributed by atoms with Crippen LogP contribution >= 0.6 is 0 Å². The summed E-state index contributed by atoms with van der Waals surface area (Å²) < 4.78 is 2.51. The van der Waals surface area contributed by atoms with Gasteiger partial charge >= 0.3 is 0 Å². The van der Waals surface area contributed by atoms with Gasteiger partial charge in [0.15, 0.2) is 0 Å². The molecule has 1 aliphatic rings. The molecule has 0 aliphatic carbocycles. The third kappa shape index (κ3) is 2.56. The topological polar surface area (TPSA) is 8.17 Å². The van der Waals surface area contributed by atoms with Crippen molar-refractivity contribution in [3.05, 3.63) is 115 Å². The first-order valence-corrected chi connectivity index (χ1v) is 12.7. The third-order valence-electron chi connectivity index (χ3n) is 7.83. The molecule has 6 aromatic carbocycles. The molecule has 0 fully saturated rings. The second kappa shape index (κ2) is 7.22. The number of hydrogen-bond donors (Lipinski definition) is 0. The van der Waals surface area contributed by atoms with E-state index in [1.807, 2.05) is 0 Å². The zero-order valence-electron chi connectivity index (χ0n) is 20.1. The van der Waals surface area contributed by atoms with Crippen LogP contribution in [0.2, 0.25) is 0 Å². The highest BCUT2D eigenvalue weighted by Gasteiger charge is 2.28. The molecule has 2 heteroatoms. The number of anilines is 2. The van der Waals surface area contributed by atoms with Crippen molar-refractivity contribution >= 4 is 54.7 Å². The van der Waals surface area contributed by atoms with E-state index in [2.05, 4.69) is 132 Å². The van der Waals surface area contributed by atoms with Gasteiger partial charge in [0.25, 0.3) is 0 Å². The molecule has 2 heterocycles. The van der Waals surface area contributed by atoms with Gasteiger partial charge in [-0.1, -0.05) is 91.0 Å². The summed E-state index contributed by atoms with van der Waals surface area (Å²) in [5.41, 5.74) is 6.37. The Labute approximate surface area is 209 Å². The van der Waals surface area contributed by atoms with Crippen molar-refractivity contribution in [2.75, 3.05) is 11.4 Å². The van der Waals surface area contributed by atoms with Crippen LogP contribution in [-0.4, -0.2) is 11.1 Å². The molecule has 0 N–H and O–H groups in total. The van der Waals surface area contributed by atoms with Crippen molar-refractivity contribution in [3.8, 4) is 16.8 Å². The lowest BCUT2D eigenvalue weighted by Gasteiger charge is -2.24. The van der Waals surface area contributed by atoms with Gasteiger partial charge < -0.3 is 4.90 Å². The van der Waals surface area contributed by atoms with Crippen LogP contribution in [0.1, 0.15) is 6.92 Å². The minimum absolute atomic E-state index is 0.880. The van der Waals surface area contributed by atoms with Crippen molar-refractivity contribution in [2.24, 2.45) is 0 Å². The molecule has 0 spiro atoms. The zero-order chi connectivity index (χ0) is 23.8. The second-order valence-electron chi connectivity index (χ2n) is 9.70. The summed E-state index contributed by atoms with van der Waals surface area (Å²) >= 11 is 0. The highest BCUT2D eigenvalue weighted by atomic mass is 15.3. The van der Waals surface area contributed by atoms with Gasteiger partial charge in [0, 0.05) is 28.4 Å². The summed E-state index contributed by atoms with van der Waals surface area (Å²) in [6.45, 7) is 3.14. The minimum Gasteiger partial charge on any atom is -0.327 e. The maximum absolute atomic E-state index is 2.51. The summed E-state index contributed by atoms with van der Waals surface area (Å²) in [6, 6.07) is 42.5. The van der Waals surface area contributed by atoms with E-state index in [0.29, 0.717) is 0 Å². The number of benzene rings is 6. The van der Waals surface area contributed by atoms with Gasteiger partial charge in [0.2, 0.25) is 0 Å². The van der Waals surface area contributed by atoms with Crippen LogP contribution in [0.3, 0.4) is 0 Å². The average molecular weight is 461 g/mol. The van der Waals surface area contributed by atoms with Gasteiger partial charge in [-0.25, -0.2) is 0 Å². The van der Waals surface area contributed by atoms with Gasteiger partial charge in [-0.05, 0) is 58.1 Å². The SMILES string of the molecule is CCN1c2cc3ccccc3cc2-c2c(ccc3ccccc23)-n2c1cc1ccc3ccccc3c12. The normalized spacial score (nSPS) is 12.6. The summed E-state index contributed by atoms with van der Waals surface area (Å²) in [7, 11) is 0. The van der Waals surface area contributed by atoms with Crippen molar-refractivity contribution in [3.63, 3.8) is 0 Å². The van der Waals surface area contributed by atoms with Gasteiger partial charge in [-0.3, -0.25) is 4.57 Å². The van der Waals surface area contributed by atoms with E-state index in [9.17, 15) is 0 Å². The van der Waals surface area contributed by atoms with Crippen LogP contribution in [0.15, 0.2) is 115 Å². The van der Waals surface area contributed by atoms with Gasteiger partial charge in [0.1, 0.15) is 5.82 Å². The largest absolute Gasteiger partial charge is 0.327 e. The Morgan fingerprint density at radius 1 is 0.528 bits per heavy atom. The molecule has 1 aliphatic heterocycles. The van der Waals surface area contributed by atoms with E-state index in [-0.39, 0.29) is 0 Å². The smallest absolute Gasteiger partial charge is 0.118 e. The lowest BCUT2D eigenvalue weighted by Crippen LogP contribution is -2.18. The summed E-state index contributed by atoms with van der Waals surface area (Å²) in [4.78, 5) is 2.49. The maximum atomic E-state index is 2.51. The molecule has 170 valence electrons. The van der Waals surface area contributed by atoms with Gasteiger partial charge in [-0.15, -0.1) is 0 Å². The van der Waals surface area contributed by atoms with Gasteiger partial charge in [0.05, 0.1) is 16.9 Å². The molecule has 0 unspecified atom stereocenters. The van der Waals surface area contributed by atoms with E-state index in [4.69, 9.17) is 0 Å². The molecule has 8 rings (SSSR count). The Kier molecular flexibility index (Phi) is 3.96. The minimum atomic E-state index is 0.880. The molecule has 7 aromatic rings. The predicted molar refractivity (Wildman–Crippen MR) is 154 cm³/mol. The number of fused-ring (bicyclic) bond motifs is 12. The van der Waals surface area contributed by atoms with E-state index in [0.717, 1.165) is 6.54 Å². The summed E-state index contributed by atoms with van der Waals surface area (Å²) in [5, 5.41) is 8.92. The van der Waals surface area contributed by atoms with Crippen LogP contribution < -0.4 is 4.90 Å². The Hall–Kier alpha value is -4.56. The molecule has 2 nitrogen and oxygen atoms in total. The molecule has 0 radical (unpaired) electrons. The van der Waals surface area contributed by atoms with Crippen LogP contribution in [-0.2, 0) is 0 Å². The molecule has 36 heavy (non-hydrogen) atoms. The Morgan fingerprint density at radius 2 is 1.14 bits per heavy atom. The molecule has 0 saturated heterocycles. The lowest BCUT2D eigenvalue weighted by atomic mass is 9.93. The van der Waals surface area contributed by atoms with Crippen LogP contribution in [0.4, 0.5) is 11.5 Å². The number of nitrogens with zero attached hydrogens (tertiary/aromatic N) is 2. The van der Waals surface area contributed by atoms with E-state index >= 15 is 0 Å². The van der Waals surface area contributed by atoms with Gasteiger partial charge in [-0.2, -0.15) is 0 Å². The molecule has 0 amide bonds. The number of rotatable bonds is 1. The number of aromatic nitrogens is 1. The van der Waals surface area contributed by atoms with Crippen LogP contribution in [0.25, 0.3) is 60.0 Å². The van der Waals surface area contributed by atoms with E-state index < -0.39 is 0 Å². The molecule has 0 bridgehead atoms. The standard InChI is InChI=1S/C34H24N2/c1-2-35-31-20-25-12-4-3-11-24(25)19-29(31)33-27-13-7-5-9-22(27)17-18-30(33)36-32(35)21-26-16-15-23-10-6-8-14-28(23)34(26)36/h3-21H,2H2,1H3. The zero-order valence-corrected chi connectivity index (χ0v) is 20.1. The molecular weight excluding hydrogens is 436 g/mol. The third-order valence-corrected chi connectivity index (χ3v) is 7.83. The first-order valence-electron chi connectivity index (χ1n) is 12.7. The molecule has 0 saturated carbocycles.